The molecule has 0 aliphatic heterocycles. The fourth-order valence-corrected chi connectivity index (χ4v) is 0.818. The average molecular weight is 190 g/mol. The van der Waals surface area contributed by atoms with E-state index in [1.807, 2.05) is 0 Å². The lowest BCUT2D eigenvalue weighted by Crippen LogP contribution is -2.11. The molecule has 0 aliphatic carbocycles. The van der Waals surface area contributed by atoms with Crippen LogP contribution in [0.5, 0.6) is 0 Å². The number of aromatic nitrogens is 1. The molecule has 0 atom stereocenters. The van der Waals surface area contributed by atoms with Crippen LogP contribution in [0.1, 0.15) is 5.69 Å². The lowest BCUT2D eigenvalue weighted by atomic mass is 10.3. The minimum Gasteiger partial charge on any atom is -0.376 e. The molecule has 0 aliphatic rings. The van der Waals surface area contributed by atoms with Gasteiger partial charge in [-0.2, -0.15) is 13.2 Å². The van der Waals surface area contributed by atoms with Crippen molar-refractivity contribution in [3.63, 3.8) is 0 Å². The van der Waals surface area contributed by atoms with Crippen LogP contribution >= 0.6 is 0 Å². The highest BCUT2D eigenvalue weighted by Gasteiger charge is 2.31. The van der Waals surface area contributed by atoms with Gasteiger partial charge in [-0.25, -0.2) is 4.98 Å². The fourth-order valence-electron chi connectivity index (χ4n) is 0.818. The predicted octanol–water partition coefficient (Wildman–Crippen LogP) is 2.17. The molecule has 0 saturated carbocycles. The monoisotopic (exact) mass is 190 g/mol. The Kier molecular flexibility index (Phi) is 2.45. The molecule has 0 fully saturated rings. The summed E-state index contributed by atoms with van der Waals surface area (Å²) in [5.74, 6) is 0. The largest absolute Gasteiger partial charge is 0.433 e. The van der Waals surface area contributed by atoms with E-state index < -0.39 is 11.9 Å². The number of nitrogens with zero attached hydrogens (tertiary/aromatic N) is 2. The molecule has 0 bridgehead atoms. The molecule has 0 spiro atoms. The van der Waals surface area contributed by atoms with Gasteiger partial charge in [0, 0.05) is 14.1 Å². The number of alkyl halides is 3. The molecule has 0 N–H and O–H groups in total. The Morgan fingerprint density at radius 2 is 1.85 bits per heavy atom. The first-order valence-corrected chi connectivity index (χ1v) is 3.62. The van der Waals surface area contributed by atoms with E-state index >= 15 is 0 Å². The zero-order valence-corrected chi connectivity index (χ0v) is 7.26. The van der Waals surface area contributed by atoms with Gasteiger partial charge in [-0.15, -0.1) is 0 Å². The number of rotatable bonds is 1. The summed E-state index contributed by atoms with van der Waals surface area (Å²) in [4.78, 5) is 4.99. The van der Waals surface area contributed by atoms with Gasteiger partial charge >= 0.3 is 6.18 Å². The van der Waals surface area contributed by atoms with E-state index in [2.05, 4.69) is 4.98 Å². The number of anilines is 1. The smallest absolute Gasteiger partial charge is 0.376 e. The third-order valence-electron chi connectivity index (χ3n) is 1.55. The molecule has 1 heterocycles. The molecular formula is C8H9F3N2. The van der Waals surface area contributed by atoms with Gasteiger partial charge in [0.15, 0.2) is 0 Å². The van der Waals surface area contributed by atoms with Crippen LogP contribution < -0.4 is 4.90 Å². The van der Waals surface area contributed by atoms with Crippen molar-refractivity contribution in [2.24, 2.45) is 0 Å². The van der Waals surface area contributed by atoms with Gasteiger partial charge in [0.05, 0.1) is 11.9 Å². The van der Waals surface area contributed by atoms with Crippen molar-refractivity contribution in [1.29, 1.82) is 0 Å². The molecule has 72 valence electrons. The fraction of sp³-hybridized carbons (Fsp3) is 0.375. The van der Waals surface area contributed by atoms with E-state index in [-0.39, 0.29) is 0 Å². The van der Waals surface area contributed by atoms with Crippen LogP contribution in [-0.4, -0.2) is 19.1 Å². The summed E-state index contributed by atoms with van der Waals surface area (Å²) < 4.78 is 36.1. The first kappa shape index (κ1) is 9.83. The summed E-state index contributed by atoms with van der Waals surface area (Å²) in [6.07, 6.45) is -3.16. The lowest BCUT2D eigenvalue weighted by molar-refractivity contribution is -0.141. The Bertz CT molecular complexity index is 276. The van der Waals surface area contributed by atoms with E-state index in [0.29, 0.717) is 5.69 Å². The summed E-state index contributed by atoms with van der Waals surface area (Å²) in [5, 5.41) is 0. The molecule has 0 saturated heterocycles. The second kappa shape index (κ2) is 3.24. The average Bonchev–Trinajstić information content (AvgIpc) is 2.03. The molecule has 0 aromatic carbocycles. The molecule has 0 unspecified atom stereocenters. The van der Waals surface area contributed by atoms with E-state index in [0.717, 1.165) is 6.07 Å². The van der Waals surface area contributed by atoms with Crippen LogP contribution in [0, 0.1) is 0 Å². The highest BCUT2D eigenvalue weighted by molar-refractivity contribution is 5.42. The zero-order valence-electron chi connectivity index (χ0n) is 7.26. The Hall–Kier alpha value is -1.26. The maximum Gasteiger partial charge on any atom is 0.433 e. The van der Waals surface area contributed by atoms with Crippen molar-refractivity contribution in [2.75, 3.05) is 19.0 Å². The van der Waals surface area contributed by atoms with Gasteiger partial charge in [-0.1, -0.05) is 0 Å². The van der Waals surface area contributed by atoms with Crippen LogP contribution in [0.4, 0.5) is 18.9 Å². The van der Waals surface area contributed by atoms with Crippen LogP contribution in [0.2, 0.25) is 0 Å². The first-order valence-electron chi connectivity index (χ1n) is 3.62. The molecule has 13 heavy (non-hydrogen) atoms. The molecule has 5 heteroatoms. The zero-order chi connectivity index (χ0) is 10.1. The third-order valence-corrected chi connectivity index (χ3v) is 1.55. The topological polar surface area (TPSA) is 16.1 Å². The van der Waals surface area contributed by atoms with Gasteiger partial charge in [-0.05, 0) is 12.1 Å². The quantitative estimate of drug-likeness (QED) is 0.674. The summed E-state index contributed by atoms with van der Waals surface area (Å²) in [6, 6.07) is 2.35. The number of halogens is 3. The third kappa shape index (κ3) is 2.34. The van der Waals surface area contributed by atoms with Crippen molar-refractivity contribution >= 4 is 5.69 Å². The molecular weight excluding hydrogens is 181 g/mol. The van der Waals surface area contributed by atoms with E-state index in [9.17, 15) is 13.2 Å². The maximum absolute atomic E-state index is 12.0. The molecule has 2 nitrogen and oxygen atoms in total. The van der Waals surface area contributed by atoms with Crippen molar-refractivity contribution in [3.05, 3.63) is 24.0 Å². The Balaban J connectivity index is 2.94. The van der Waals surface area contributed by atoms with Gasteiger partial charge < -0.3 is 4.90 Å². The van der Waals surface area contributed by atoms with E-state index in [4.69, 9.17) is 0 Å². The second-order valence-electron chi connectivity index (χ2n) is 2.79. The van der Waals surface area contributed by atoms with Crippen molar-refractivity contribution < 1.29 is 13.2 Å². The number of hydrogen-bond acceptors (Lipinski definition) is 2. The maximum atomic E-state index is 12.0. The minimum atomic E-state index is -4.36. The standard InChI is InChI=1S/C8H9F3N2/c1-13(2)6-3-4-7(12-5-6)8(9,10)11/h3-5H,1-2H3. The van der Waals surface area contributed by atoms with Crippen LogP contribution in [0.3, 0.4) is 0 Å². The van der Waals surface area contributed by atoms with E-state index in [1.54, 1.807) is 19.0 Å². The van der Waals surface area contributed by atoms with Crippen LogP contribution in [0.25, 0.3) is 0 Å². The molecule has 0 radical (unpaired) electrons. The summed E-state index contributed by atoms with van der Waals surface area (Å²) in [7, 11) is 3.48. The molecule has 1 aromatic rings. The Labute approximate surface area is 74.0 Å². The predicted molar refractivity (Wildman–Crippen MR) is 43.6 cm³/mol. The van der Waals surface area contributed by atoms with Gasteiger partial charge in [0.25, 0.3) is 0 Å². The van der Waals surface area contributed by atoms with Crippen molar-refractivity contribution in [3.8, 4) is 0 Å². The van der Waals surface area contributed by atoms with E-state index in [1.165, 1.54) is 12.3 Å². The number of pyridine rings is 1. The SMILES string of the molecule is CN(C)c1ccc(C(F)(F)F)nc1. The van der Waals surface area contributed by atoms with Gasteiger partial charge in [0.2, 0.25) is 0 Å². The minimum absolute atomic E-state index is 0.646. The highest BCUT2D eigenvalue weighted by Crippen LogP contribution is 2.27. The van der Waals surface area contributed by atoms with Crippen LogP contribution in [0.15, 0.2) is 18.3 Å². The Morgan fingerprint density at radius 3 is 2.15 bits per heavy atom. The molecule has 0 amide bonds. The van der Waals surface area contributed by atoms with Crippen LogP contribution in [-0.2, 0) is 6.18 Å². The lowest BCUT2D eigenvalue weighted by Gasteiger charge is -2.12. The Morgan fingerprint density at radius 1 is 1.23 bits per heavy atom. The van der Waals surface area contributed by atoms with Crippen molar-refractivity contribution in [1.82, 2.24) is 4.98 Å². The number of hydrogen-bond donors (Lipinski definition) is 0. The van der Waals surface area contributed by atoms with Crippen molar-refractivity contribution in [2.45, 2.75) is 6.18 Å². The summed E-state index contributed by atoms with van der Waals surface area (Å²) >= 11 is 0. The van der Waals surface area contributed by atoms with Gasteiger partial charge in [-0.3, -0.25) is 0 Å². The summed E-state index contributed by atoms with van der Waals surface area (Å²) in [5.41, 5.74) is -0.217. The molecule has 1 aromatic heterocycles. The first-order chi connectivity index (χ1) is 5.91. The normalized spacial score (nSPS) is 11.5. The highest BCUT2D eigenvalue weighted by atomic mass is 19.4. The molecule has 1 rings (SSSR count). The second-order valence-corrected chi connectivity index (χ2v) is 2.79. The van der Waals surface area contributed by atoms with Gasteiger partial charge in [0.1, 0.15) is 5.69 Å². The summed E-state index contributed by atoms with van der Waals surface area (Å²) in [6.45, 7) is 0.